The first-order valence-electron chi connectivity index (χ1n) is 6.14. The third-order valence-electron chi connectivity index (χ3n) is 3.19. The van der Waals surface area contributed by atoms with E-state index in [1.54, 1.807) is 24.9 Å². The molecular formula is C12H17BrN2O2S2. The fourth-order valence-corrected chi connectivity index (χ4v) is 5.56. The van der Waals surface area contributed by atoms with Crippen molar-refractivity contribution in [2.75, 3.05) is 28.7 Å². The minimum atomic E-state index is -3.09. The second-order valence-electron chi connectivity index (χ2n) is 4.47. The maximum absolute atomic E-state index is 12.2. The maximum atomic E-state index is 12.2. The van der Waals surface area contributed by atoms with Crippen LogP contribution >= 0.6 is 27.7 Å². The van der Waals surface area contributed by atoms with Crippen LogP contribution in [0.25, 0.3) is 0 Å². The summed E-state index contributed by atoms with van der Waals surface area (Å²) in [4.78, 5) is 6.35. The van der Waals surface area contributed by atoms with Crippen molar-refractivity contribution in [3.8, 4) is 0 Å². The number of halogens is 1. The van der Waals surface area contributed by atoms with E-state index in [0.29, 0.717) is 5.75 Å². The number of hydrogen-bond donors (Lipinski definition) is 0. The Balaban J connectivity index is 2.40. The minimum absolute atomic E-state index is 0.171. The summed E-state index contributed by atoms with van der Waals surface area (Å²) >= 11 is 5.08. The van der Waals surface area contributed by atoms with Crippen molar-refractivity contribution in [1.29, 1.82) is 0 Å². The molecule has 0 aliphatic carbocycles. The van der Waals surface area contributed by atoms with Gasteiger partial charge in [0.05, 0.1) is 0 Å². The van der Waals surface area contributed by atoms with Crippen molar-refractivity contribution in [2.45, 2.75) is 19.2 Å². The summed E-state index contributed by atoms with van der Waals surface area (Å²) in [6, 6.07) is 1.97. The molecule has 0 bridgehead atoms. The highest BCUT2D eigenvalue weighted by molar-refractivity contribution is 9.10. The van der Waals surface area contributed by atoms with Gasteiger partial charge in [-0.3, -0.25) is 0 Å². The molecule has 106 valence electrons. The van der Waals surface area contributed by atoms with Crippen LogP contribution in [0.4, 0.5) is 5.82 Å². The van der Waals surface area contributed by atoms with Crippen LogP contribution < -0.4 is 4.90 Å². The third-order valence-corrected chi connectivity index (χ3v) is 6.91. The van der Waals surface area contributed by atoms with Crippen molar-refractivity contribution in [2.24, 2.45) is 0 Å². The second-order valence-corrected chi connectivity index (χ2v) is 8.98. The van der Waals surface area contributed by atoms with Gasteiger partial charge in [0.15, 0.2) is 9.84 Å². The Hall–Kier alpha value is -0.270. The molecule has 7 heteroatoms. The zero-order valence-electron chi connectivity index (χ0n) is 11.0. The van der Waals surface area contributed by atoms with Crippen LogP contribution in [0.15, 0.2) is 16.7 Å². The highest BCUT2D eigenvalue weighted by atomic mass is 79.9. The molecule has 0 amide bonds. The SMILES string of the molecule is CCS(=O)(=O)C1CSCCN1c1ncc(Br)cc1C. The highest BCUT2D eigenvalue weighted by Crippen LogP contribution is 2.29. The summed E-state index contributed by atoms with van der Waals surface area (Å²) < 4.78 is 25.4. The molecule has 2 heterocycles. The summed E-state index contributed by atoms with van der Waals surface area (Å²) in [6.45, 7) is 4.39. The second kappa shape index (κ2) is 6.01. The average molecular weight is 365 g/mol. The van der Waals surface area contributed by atoms with E-state index in [1.165, 1.54) is 0 Å². The Morgan fingerprint density at radius 1 is 1.58 bits per heavy atom. The molecule has 0 N–H and O–H groups in total. The maximum Gasteiger partial charge on any atom is 0.171 e. The molecule has 1 aromatic heterocycles. The first-order chi connectivity index (χ1) is 8.95. The fraction of sp³-hybridized carbons (Fsp3) is 0.583. The van der Waals surface area contributed by atoms with Gasteiger partial charge in [-0.05, 0) is 34.5 Å². The van der Waals surface area contributed by atoms with Crippen LogP contribution in [-0.4, -0.2) is 42.6 Å². The van der Waals surface area contributed by atoms with Crippen molar-refractivity contribution in [1.82, 2.24) is 4.98 Å². The molecule has 4 nitrogen and oxygen atoms in total. The molecule has 1 atom stereocenters. The molecule has 19 heavy (non-hydrogen) atoms. The molecule has 1 aromatic rings. The summed E-state index contributed by atoms with van der Waals surface area (Å²) in [6.07, 6.45) is 1.72. The first kappa shape index (κ1) is 15.1. The van der Waals surface area contributed by atoms with Crippen LogP contribution in [-0.2, 0) is 9.84 Å². The van der Waals surface area contributed by atoms with Gasteiger partial charge in [-0.2, -0.15) is 11.8 Å². The zero-order chi connectivity index (χ0) is 14.0. The monoisotopic (exact) mass is 364 g/mol. The Labute approximate surface area is 127 Å². The van der Waals surface area contributed by atoms with Gasteiger partial charge in [-0.1, -0.05) is 6.92 Å². The summed E-state index contributed by atoms with van der Waals surface area (Å²) in [7, 11) is -3.09. The molecule has 1 aliphatic heterocycles. The van der Waals surface area contributed by atoms with Gasteiger partial charge < -0.3 is 4.90 Å². The lowest BCUT2D eigenvalue weighted by atomic mass is 10.2. The molecule has 1 unspecified atom stereocenters. The third kappa shape index (κ3) is 3.25. The minimum Gasteiger partial charge on any atom is -0.338 e. The topological polar surface area (TPSA) is 50.3 Å². The quantitative estimate of drug-likeness (QED) is 0.824. The molecular weight excluding hydrogens is 348 g/mol. The van der Waals surface area contributed by atoms with E-state index < -0.39 is 15.2 Å². The van der Waals surface area contributed by atoms with Gasteiger partial charge in [0.25, 0.3) is 0 Å². The highest BCUT2D eigenvalue weighted by Gasteiger charge is 2.34. The van der Waals surface area contributed by atoms with Crippen LogP contribution in [0.1, 0.15) is 12.5 Å². The molecule has 2 rings (SSSR count). The van der Waals surface area contributed by atoms with Crippen LogP contribution in [0.5, 0.6) is 0 Å². The van der Waals surface area contributed by atoms with Gasteiger partial charge in [-0.25, -0.2) is 13.4 Å². The Bertz CT molecular complexity index is 563. The number of aryl methyl sites for hydroxylation is 1. The van der Waals surface area contributed by atoms with E-state index in [-0.39, 0.29) is 5.75 Å². The Morgan fingerprint density at radius 3 is 2.95 bits per heavy atom. The lowest BCUT2D eigenvalue weighted by Gasteiger charge is -2.36. The summed E-state index contributed by atoms with van der Waals surface area (Å²) in [5.41, 5.74) is 0.998. The summed E-state index contributed by atoms with van der Waals surface area (Å²) in [5, 5.41) is -0.455. The number of rotatable bonds is 3. The van der Waals surface area contributed by atoms with E-state index in [0.717, 1.165) is 28.2 Å². The molecule has 0 aromatic carbocycles. The Morgan fingerprint density at radius 2 is 2.32 bits per heavy atom. The predicted octanol–water partition coefficient (Wildman–Crippen LogP) is 2.47. The molecule has 1 aliphatic rings. The standard InChI is InChI=1S/C12H17BrN2O2S2/c1-3-19(16,17)11-8-18-5-4-15(11)12-9(2)6-10(13)7-14-12/h6-7,11H,3-5,8H2,1-2H3. The predicted molar refractivity (Wildman–Crippen MR) is 84.6 cm³/mol. The van der Waals surface area contributed by atoms with Crippen LogP contribution in [0.3, 0.4) is 0 Å². The molecule has 1 saturated heterocycles. The number of thioether (sulfide) groups is 1. The number of aromatic nitrogens is 1. The lowest BCUT2D eigenvalue weighted by Crippen LogP contribution is -2.48. The fourth-order valence-electron chi connectivity index (χ4n) is 2.15. The average Bonchev–Trinajstić information content (AvgIpc) is 2.39. The largest absolute Gasteiger partial charge is 0.338 e. The van der Waals surface area contributed by atoms with Gasteiger partial charge in [0.1, 0.15) is 11.2 Å². The molecule has 0 radical (unpaired) electrons. The van der Waals surface area contributed by atoms with E-state index >= 15 is 0 Å². The number of hydrogen-bond acceptors (Lipinski definition) is 5. The number of nitrogens with zero attached hydrogens (tertiary/aromatic N) is 2. The van der Waals surface area contributed by atoms with Crippen LogP contribution in [0, 0.1) is 6.92 Å². The zero-order valence-corrected chi connectivity index (χ0v) is 14.2. The van der Waals surface area contributed by atoms with Gasteiger partial charge in [0.2, 0.25) is 0 Å². The number of sulfone groups is 1. The molecule has 0 saturated carbocycles. The van der Waals surface area contributed by atoms with E-state index in [4.69, 9.17) is 0 Å². The van der Waals surface area contributed by atoms with Crippen molar-refractivity contribution >= 4 is 43.3 Å². The first-order valence-corrected chi connectivity index (χ1v) is 9.80. The normalized spacial score (nSPS) is 20.6. The van der Waals surface area contributed by atoms with E-state index in [2.05, 4.69) is 20.9 Å². The van der Waals surface area contributed by atoms with Gasteiger partial charge in [-0.15, -0.1) is 0 Å². The molecule has 1 fully saturated rings. The summed E-state index contributed by atoms with van der Waals surface area (Å²) in [5.74, 6) is 2.51. The Kier molecular flexibility index (Phi) is 4.79. The number of pyridine rings is 1. The van der Waals surface area contributed by atoms with E-state index in [1.807, 2.05) is 17.9 Å². The molecule has 0 spiro atoms. The van der Waals surface area contributed by atoms with Gasteiger partial charge in [0, 0.05) is 34.5 Å². The lowest BCUT2D eigenvalue weighted by molar-refractivity contribution is 0.578. The van der Waals surface area contributed by atoms with Crippen LogP contribution in [0.2, 0.25) is 0 Å². The smallest absolute Gasteiger partial charge is 0.171 e. The van der Waals surface area contributed by atoms with Crippen molar-refractivity contribution in [3.63, 3.8) is 0 Å². The van der Waals surface area contributed by atoms with E-state index in [9.17, 15) is 8.42 Å². The number of anilines is 1. The van der Waals surface area contributed by atoms with Crippen molar-refractivity contribution < 1.29 is 8.42 Å². The van der Waals surface area contributed by atoms with Crippen molar-refractivity contribution in [3.05, 3.63) is 22.3 Å². The van der Waals surface area contributed by atoms with Gasteiger partial charge >= 0.3 is 0 Å².